The highest BCUT2D eigenvalue weighted by molar-refractivity contribution is 5.92. The number of fused-ring (bicyclic) bond motifs is 3. The lowest BCUT2D eigenvalue weighted by molar-refractivity contribution is 0.187. The number of benzene rings is 1. The first-order valence-electron chi connectivity index (χ1n) is 29.4. The van der Waals surface area contributed by atoms with Crippen LogP contribution in [0.3, 0.4) is 0 Å². The molecule has 0 saturated heterocycles. The number of hydrogen-bond acceptors (Lipinski definition) is 0. The van der Waals surface area contributed by atoms with Gasteiger partial charge in [-0.1, -0.05) is 163 Å². The van der Waals surface area contributed by atoms with Gasteiger partial charge >= 0.3 is 0 Å². The summed E-state index contributed by atoms with van der Waals surface area (Å²) in [4.78, 5) is 0. The summed E-state index contributed by atoms with van der Waals surface area (Å²) in [6.07, 6.45) is 2.00. The Morgan fingerprint density at radius 1 is 0.417 bits per heavy atom. The Hall–Kier alpha value is -3.38. The number of hydrogen-bond donors (Lipinski definition) is 0. The maximum atomic E-state index is 5.27. The monoisotopic (exact) mass is 971 g/mol. The van der Waals surface area contributed by atoms with E-state index in [4.69, 9.17) is 13.2 Å². The largest absolute Gasteiger partial charge is 0.0946 e. The fourth-order valence-corrected chi connectivity index (χ4v) is 15.6. The molecule has 0 fully saturated rings. The Kier molecular flexibility index (Phi) is 15.1. The lowest BCUT2D eigenvalue weighted by atomic mass is 9.62. The molecule has 0 N–H and O–H groups in total. The Labute approximate surface area is 445 Å². The van der Waals surface area contributed by atoms with Crippen LogP contribution in [0.25, 0.3) is 11.1 Å². The van der Waals surface area contributed by atoms with Gasteiger partial charge in [0.1, 0.15) is 0 Å². The van der Waals surface area contributed by atoms with Crippen LogP contribution in [0.1, 0.15) is 264 Å². The molecule has 1 aromatic carbocycles. The molecule has 72 heavy (non-hydrogen) atoms. The summed E-state index contributed by atoms with van der Waals surface area (Å²) in [6, 6.07) is 0. The molecule has 0 heteroatoms. The van der Waals surface area contributed by atoms with E-state index in [1.54, 1.807) is 83.5 Å². The van der Waals surface area contributed by atoms with Gasteiger partial charge in [0, 0.05) is 23.7 Å². The van der Waals surface area contributed by atoms with Crippen molar-refractivity contribution in [1.29, 1.82) is 0 Å². The fraction of sp³-hybridized carbons (Fsp3) is 0.639. The standard InChI is InChI=1S/C72H106/c1-33(2)38(10)41(13)47(19)61-59-49(21)43(15)50(22)60(59)62(48(20)42(14)39(11)34(3)4)64-52(24)58(51(23)63(61)64)56-32-57(46(18)45(56)17)68-66-54(26)69(71(27,28)35(5)6)67(55-31-37(9)40(12)44(55)16)65(66)53(25)70(68)72(29,30)36(7)8/h33-36,38-39,41-42,47-49,52,69-70H,25-26,31-32H2,1-24,27-30H3. The topological polar surface area (TPSA) is 0 Å². The molecule has 1 aromatic rings. The van der Waals surface area contributed by atoms with Gasteiger partial charge in [0.05, 0.1) is 0 Å². The second kappa shape index (κ2) is 19.3. The molecular weight excluding hydrogens is 865 g/mol. The second-order valence-electron chi connectivity index (χ2n) is 28.2. The van der Waals surface area contributed by atoms with Gasteiger partial charge in [0.15, 0.2) is 0 Å². The van der Waals surface area contributed by atoms with E-state index in [-0.39, 0.29) is 22.7 Å². The Balaban J connectivity index is 1.51. The van der Waals surface area contributed by atoms with E-state index in [0.29, 0.717) is 71.0 Å². The maximum Gasteiger partial charge on any atom is 0.0153 e. The van der Waals surface area contributed by atoms with Crippen molar-refractivity contribution in [2.75, 3.05) is 0 Å². The van der Waals surface area contributed by atoms with Gasteiger partial charge < -0.3 is 0 Å². The summed E-state index contributed by atoms with van der Waals surface area (Å²) >= 11 is 0. The smallest absolute Gasteiger partial charge is 0.0153 e. The minimum Gasteiger partial charge on any atom is -0.0946 e. The molecule has 0 bridgehead atoms. The molecule has 6 aliphatic carbocycles. The van der Waals surface area contributed by atoms with E-state index in [1.807, 2.05) is 0 Å². The Morgan fingerprint density at radius 3 is 1.12 bits per heavy atom. The van der Waals surface area contributed by atoms with Crippen LogP contribution in [-0.2, 0) is 0 Å². The van der Waals surface area contributed by atoms with Crippen molar-refractivity contribution in [3.05, 3.63) is 136 Å². The van der Waals surface area contributed by atoms with Crippen LogP contribution in [-0.4, -0.2) is 0 Å². The zero-order chi connectivity index (χ0) is 54.4. The van der Waals surface area contributed by atoms with Crippen LogP contribution >= 0.6 is 0 Å². The summed E-state index contributed by atoms with van der Waals surface area (Å²) < 4.78 is 0. The van der Waals surface area contributed by atoms with Gasteiger partial charge in [-0.15, -0.1) is 0 Å². The van der Waals surface area contributed by atoms with Gasteiger partial charge in [-0.3, -0.25) is 0 Å². The van der Waals surface area contributed by atoms with E-state index < -0.39 is 0 Å². The fourth-order valence-electron chi connectivity index (χ4n) is 15.6. The van der Waals surface area contributed by atoms with Crippen molar-refractivity contribution in [2.45, 2.75) is 230 Å². The second-order valence-corrected chi connectivity index (χ2v) is 28.2. The summed E-state index contributed by atoms with van der Waals surface area (Å²) in [5.41, 5.74) is 37.2. The summed E-state index contributed by atoms with van der Waals surface area (Å²) in [7, 11) is 0. The van der Waals surface area contributed by atoms with Crippen LogP contribution < -0.4 is 0 Å². The minimum absolute atomic E-state index is 0.0107. The zero-order valence-corrected chi connectivity index (χ0v) is 51.9. The molecule has 0 heterocycles. The molecule has 0 aromatic heterocycles. The van der Waals surface area contributed by atoms with Gasteiger partial charge in [0.25, 0.3) is 0 Å². The van der Waals surface area contributed by atoms with Gasteiger partial charge in [-0.25, -0.2) is 0 Å². The molecule has 7 rings (SSSR count). The minimum atomic E-state index is -0.0190. The number of rotatable bonds is 15. The first-order valence-corrected chi connectivity index (χ1v) is 29.4. The normalized spacial score (nSPS) is 25.7. The van der Waals surface area contributed by atoms with Crippen LogP contribution in [0.15, 0.2) is 102 Å². The SMILES string of the molecule is C=C1C2=C(C3=C(C)C(C)=C(C4=C(C)c5c(c(C(C)C(C)C(C)C(C)C)c6c(c5C(C)C(C)C(C)C(C)C)C(C)C(C)=C6C)C4C)C3)C(C(C)(C)C(C)C)C(=C)C2=C(C2=C(C)C(C)=C(C)C2)C1C(C)(C)C(C)C. The first-order chi connectivity index (χ1) is 33.1. The molecule has 0 aliphatic heterocycles. The van der Waals surface area contributed by atoms with E-state index in [1.165, 1.54) is 50.2 Å². The van der Waals surface area contributed by atoms with Crippen LogP contribution in [0, 0.1) is 70.0 Å². The highest BCUT2D eigenvalue weighted by atomic mass is 14.6. The van der Waals surface area contributed by atoms with Crippen molar-refractivity contribution in [3.8, 4) is 0 Å². The average molecular weight is 972 g/mol. The summed E-state index contributed by atoms with van der Waals surface area (Å²) in [6.45, 7) is 80.4. The highest BCUT2D eigenvalue weighted by Crippen LogP contribution is 2.68. The Bertz CT molecular complexity index is 2760. The van der Waals surface area contributed by atoms with Crippen molar-refractivity contribution < 1.29 is 0 Å². The predicted molar refractivity (Wildman–Crippen MR) is 320 cm³/mol. The van der Waals surface area contributed by atoms with E-state index in [2.05, 4.69) is 194 Å². The molecule has 10 atom stereocenters. The summed E-state index contributed by atoms with van der Waals surface area (Å²) in [5, 5.41) is 0. The molecule has 0 amide bonds. The molecule has 0 radical (unpaired) electrons. The highest BCUT2D eigenvalue weighted by Gasteiger charge is 2.55. The van der Waals surface area contributed by atoms with E-state index >= 15 is 0 Å². The predicted octanol–water partition coefficient (Wildman–Crippen LogP) is 22.0. The van der Waals surface area contributed by atoms with Crippen LogP contribution in [0.2, 0.25) is 0 Å². The maximum absolute atomic E-state index is 5.27. The van der Waals surface area contributed by atoms with E-state index in [0.717, 1.165) is 12.8 Å². The van der Waals surface area contributed by atoms with Crippen molar-refractivity contribution in [2.24, 2.45) is 70.0 Å². The van der Waals surface area contributed by atoms with Crippen LogP contribution in [0.5, 0.6) is 0 Å². The lowest BCUT2D eigenvalue weighted by Crippen LogP contribution is -2.33. The third-order valence-corrected chi connectivity index (χ3v) is 23.7. The first kappa shape index (κ1) is 56.3. The summed E-state index contributed by atoms with van der Waals surface area (Å²) in [5.74, 6) is 6.58. The van der Waals surface area contributed by atoms with Crippen molar-refractivity contribution >= 4 is 11.1 Å². The lowest BCUT2D eigenvalue weighted by Gasteiger charge is -2.42. The third-order valence-electron chi connectivity index (χ3n) is 23.7. The molecule has 6 aliphatic rings. The number of allylic oxidation sites excluding steroid dienone is 18. The average Bonchev–Trinajstić information content (AvgIpc) is 4.08. The van der Waals surface area contributed by atoms with Crippen molar-refractivity contribution in [1.82, 2.24) is 0 Å². The molecule has 0 saturated carbocycles. The molecule has 10 unspecified atom stereocenters. The van der Waals surface area contributed by atoms with E-state index in [9.17, 15) is 0 Å². The third kappa shape index (κ3) is 8.06. The zero-order valence-electron chi connectivity index (χ0n) is 51.9. The van der Waals surface area contributed by atoms with Gasteiger partial charge in [0.2, 0.25) is 0 Å². The van der Waals surface area contributed by atoms with Crippen molar-refractivity contribution in [3.63, 3.8) is 0 Å². The molecule has 394 valence electrons. The molecule has 0 spiro atoms. The quantitative estimate of drug-likeness (QED) is 0.164. The Morgan fingerprint density at radius 2 is 0.764 bits per heavy atom. The van der Waals surface area contributed by atoms with Crippen LogP contribution in [0.4, 0.5) is 0 Å². The molecular formula is C72H106. The molecule has 0 nitrogen and oxygen atoms in total. The van der Waals surface area contributed by atoms with Gasteiger partial charge in [-0.05, 0) is 261 Å². The van der Waals surface area contributed by atoms with Gasteiger partial charge in [-0.2, -0.15) is 0 Å².